The zero-order valence-electron chi connectivity index (χ0n) is 10.0. The molecule has 0 aliphatic heterocycles. The molecule has 1 heterocycles. The average Bonchev–Trinajstić information content (AvgIpc) is 2.37. The molecule has 0 spiro atoms. The van der Waals surface area contributed by atoms with Crippen molar-refractivity contribution in [2.24, 2.45) is 0 Å². The van der Waals surface area contributed by atoms with E-state index in [4.69, 9.17) is 16.9 Å². The Kier molecular flexibility index (Phi) is 3.61. The summed E-state index contributed by atoms with van der Waals surface area (Å²) in [5.41, 5.74) is -3.79. The Morgan fingerprint density at radius 1 is 1.24 bits per heavy atom. The molecule has 1 N–H and O–H groups in total. The van der Waals surface area contributed by atoms with Gasteiger partial charge in [0.25, 0.3) is 5.56 Å². The summed E-state index contributed by atoms with van der Waals surface area (Å²) in [6, 6.07) is 5.67. The van der Waals surface area contributed by atoms with Crippen LogP contribution in [0.1, 0.15) is 11.3 Å². The molecule has 0 saturated heterocycles. The van der Waals surface area contributed by atoms with Crippen LogP contribution in [-0.2, 0) is 6.18 Å². The fraction of sp³-hybridized carbons (Fsp3) is 0.0833. The van der Waals surface area contributed by atoms with Gasteiger partial charge >= 0.3 is 11.9 Å². The molecule has 21 heavy (non-hydrogen) atoms. The fourth-order valence-electron chi connectivity index (χ4n) is 1.63. The first-order valence-electron chi connectivity index (χ1n) is 5.37. The van der Waals surface area contributed by atoms with Gasteiger partial charge in [-0.25, -0.2) is 9.36 Å². The van der Waals surface area contributed by atoms with Gasteiger partial charge in [-0.15, -0.1) is 0 Å². The first-order valence-corrected chi connectivity index (χ1v) is 5.75. The third kappa shape index (κ3) is 2.83. The van der Waals surface area contributed by atoms with Crippen molar-refractivity contribution in [2.75, 3.05) is 0 Å². The Labute approximate surface area is 119 Å². The lowest BCUT2D eigenvalue weighted by Crippen LogP contribution is -2.35. The van der Waals surface area contributed by atoms with Crippen LogP contribution in [0.2, 0.25) is 5.02 Å². The van der Waals surface area contributed by atoms with E-state index < -0.39 is 23.1 Å². The molecule has 1 aromatic heterocycles. The highest BCUT2D eigenvalue weighted by atomic mass is 35.5. The van der Waals surface area contributed by atoms with Gasteiger partial charge in [0.05, 0.1) is 16.3 Å². The molecule has 0 unspecified atom stereocenters. The van der Waals surface area contributed by atoms with Gasteiger partial charge in [0.1, 0.15) is 11.8 Å². The van der Waals surface area contributed by atoms with Crippen LogP contribution < -0.4 is 11.2 Å². The van der Waals surface area contributed by atoms with Crippen LogP contribution in [-0.4, -0.2) is 9.55 Å². The van der Waals surface area contributed by atoms with Gasteiger partial charge in [-0.1, -0.05) is 11.6 Å². The lowest BCUT2D eigenvalue weighted by Gasteiger charge is -2.09. The third-order valence-electron chi connectivity index (χ3n) is 2.57. The van der Waals surface area contributed by atoms with E-state index in [2.05, 4.69) is 0 Å². The molecule has 1 aromatic carbocycles. The number of nitriles is 1. The molecule has 0 fully saturated rings. The molecule has 108 valence electrons. The predicted octanol–water partition coefficient (Wildman–Crippen LogP) is 2.07. The number of H-pyrrole nitrogens is 1. The summed E-state index contributed by atoms with van der Waals surface area (Å²) in [4.78, 5) is 25.0. The van der Waals surface area contributed by atoms with E-state index >= 15 is 0 Å². The van der Waals surface area contributed by atoms with Crippen molar-refractivity contribution in [1.82, 2.24) is 9.55 Å². The minimum absolute atomic E-state index is 0.0267. The number of benzene rings is 1. The predicted molar refractivity (Wildman–Crippen MR) is 67.4 cm³/mol. The largest absolute Gasteiger partial charge is 0.431 e. The Morgan fingerprint density at radius 3 is 2.38 bits per heavy atom. The first kappa shape index (κ1) is 14.9. The van der Waals surface area contributed by atoms with Gasteiger partial charge in [-0.05, 0) is 18.2 Å². The average molecular weight is 316 g/mol. The maximum atomic E-state index is 12.5. The number of nitrogens with zero attached hydrogens (tertiary/aromatic N) is 2. The molecule has 2 aromatic rings. The molecule has 0 atom stereocenters. The summed E-state index contributed by atoms with van der Waals surface area (Å²) in [5, 5.41) is 8.69. The van der Waals surface area contributed by atoms with E-state index in [0.717, 1.165) is 6.07 Å². The molecule has 5 nitrogen and oxygen atoms in total. The van der Waals surface area contributed by atoms with E-state index in [1.807, 2.05) is 0 Å². The Balaban J connectivity index is 2.67. The summed E-state index contributed by atoms with van der Waals surface area (Å²) in [6.45, 7) is 0. The van der Waals surface area contributed by atoms with Gasteiger partial charge in [0.15, 0.2) is 0 Å². The van der Waals surface area contributed by atoms with Gasteiger partial charge in [0, 0.05) is 6.07 Å². The second-order valence-electron chi connectivity index (χ2n) is 3.94. The summed E-state index contributed by atoms with van der Waals surface area (Å²) < 4.78 is 37.9. The van der Waals surface area contributed by atoms with E-state index in [1.165, 1.54) is 12.1 Å². The van der Waals surface area contributed by atoms with Crippen molar-refractivity contribution in [3.8, 4) is 11.8 Å². The smallest absolute Gasteiger partial charge is 0.303 e. The summed E-state index contributed by atoms with van der Waals surface area (Å²) >= 11 is 5.76. The van der Waals surface area contributed by atoms with Crippen molar-refractivity contribution >= 4 is 11.6 Å². The van der Waals surface area contributed by atoms with Gasteiger partial charge in [-0.3, -0.25) is 4.79 Å². The Bertz CT molecular complexity index is 831. The number of hydrogen-bond acceptors (Lipinski definition) is 3. The van der Waals surface area contributed by atoms with Crippen LogP contribution in [0.25, 0.3) is 5.69 Å². The van der Waals surface area contributed by atoms with Crippen LogP contribution in [0, 0.1) is 11.3 Å². The summed E-state index contributed by atoms with van der Waals surface area (Å²) in [5.74, 6) is 0. The molecule has 0 amide bonds. The van der Waals surface area contributed by atoms with Crippen LogP contribution in [0.4, 0.5) is 13.2 Å². The molecular formula is C12H5ClF3N3O2. The quantitative estimate of drug-likeness (QED) is 0.875. The number of hydrogen-bond donors (Lipinski definition) is 1. The van der Waals surface area contributed by atoms with Crippen molar-refractivity contribution in [3.63, 3.8) is 0 Å². The van der Waals surface area contributed by atoms with Crippen LogP contribution >= 0.6 is 11.6 Å². The fourth-order valence-corrected chi connectivity index (χ4v) is 1.84. The molecule has 2 rings (SSSR count). The summed E-state index contributed by atoms with van der Waals surface area (Å²) in [7, 11) is 0. The first-order chi connectivity index (χ1) is 9.74. The second-order valence-corrected chi connectivity index (χ2v) is 4.34. The van der Waals surface area contributed by atoms with Crippen molar-refractivity contribution in [3.05, 3.63) is 61.4 Å². The number of rotatable bonds is 1. The van der Waals surface area contributed by atoms with Crippen molar-refractivity contribution < 1.29 is 13.2 Å². The zero-order valence-corrected chi connectivity index (χ0v) is 10.8. The van der Waals surface area contributed by atoms with Crippen molar-refractivity contribution in [1.29, 1.82) is 5.26 Å². The van der Waals surface area contributed by atoms with E-state index in [-0.39, 0.29) is 22.3 Å². The zero-order chi connectivity index (χ0) is 15.8. The SMILES string of the molecule is N#Cc1ccc(-n2c(=O)cc(C(F)(F)F)[nH]c2=O)cc1Cl. The number of alkyl halides is 3. The number of nitrogens with one attached hydrogen (secondary N) is 1. The Hall–Kier alpha value is -2.53. The maximum Gasteiger partial charge on any atom is 0.431 e. The van der Waals surface area contributed by atoms with Crippen LogP contribution in [0.5, 0.6) is 0 Å². The normalized spacial score (nSPS) is 11.2. The lowest BCUT2D eigenvalue weighted by atomic mass is 10.2. The number of aromatic nitrogens is 2. The van der Waals surface area contributed by atoms with Gasteiger partial charge in [-0.2, -0.15) is 18.4 Å². The molecule has 0 aliphatic rings. The Morgan fingerprint density at radius 2 is 1.90 bits per heavy atom. The highest BCUT2D eigenvalue weighted by molar-refractivity contribution is 6.31. The van der Waals surface area contributed by atoms with Crippen LogP contribution in [0.15, 0.2) is 33.9 Å². The summed E-state index contributed by atoms with van der Waals surface area (Å²) in [6.07, 6.45) is -4.83. The topological polar surface area (TPSA) is 78.7 Å². The van der Waals surface area contributed by atoms with Crippen LogP contribution in [0.3, 0.4) is 0 Å². The molecule has 0 saturated carbocycles. The highest BCUT2D eigenvalue weighted by Crippen LogP contribution is 2.25. The number of aromatic amines is 1. The molecule has 9 heteroatoms. The maximum absolute atomic E-state index is 12.5. The van der Waals surface area contributed by atoms with E-state index in [1.54, 1.807) is 11.1 Å². The molecule has 0 radical (unpaired) electrons. The minimum atomic E-state index is -4.83. The monoisotopic (exact) mass is 315 g/mol. The lowest BCUT2D eigenvalue weighted by molar-refractivity contribution is -0.141. The number of halogens is 4. The molecule has 0 aliphatic carbocycles. The van der Waals surface area contributed by atoms with Gasteiger partial charge < -0.3 is 4.98 Å². The third-order valence-corrected chi connectivity index (χ3v) is 2.88. The standard InChI is InChI=1S/C12H5ClF3N3O2/c13-8-3-7(2-1-6(8)5-17)19-10(20)4-9(12(14,15)16)18-11(19)21/h1-4H,(H,18,21). The highest BCUT2D eigenvalue weighted by Gasteiger charge is 2.33. The second kappa shape index (κ2) is 5.10. The molecule has 0 bridgehead atoms. The van der Waals surface area contributed by atoms with Gasteiger partial charge in [0.2, 0.25) is 0 Å². The van der Waals surface area contributed by atoms with E-state index in [9.17, 15) is 22.8 Å². The van der Waals surface area contributed by atoms with Crippen molar-refractivity contribution in [2.45, 2.75) is 6.18 Å². The molecular weight excluding hydrogens is 311 g/mol. The minimum Gasteiger partial charge on any atom is -0.303 e. The van der Waals surface area contributed by atoms with E-state index in [0.29, 0.717) is 4.57 Å².